The zero-order valence-corrected chi connectivity index (χ0v) is 10.6. The van der Waals surface area contributed by atoms with Crippen LogP contribution in [0.15, 0.2) is 12.1 Å². The van der Waals surface area contributed by atoms with Crippen LogP contribution in [0.1, 0.15) is 22.3 Å². The van der Waals surface area contributed by atoms with Crippen LogP contribution >= 0.6 is 0 Å². The molecular formula is C13H13FN2O3. The fourth-order valence-electron chi connectivity index (χ4n) is 2.90. The van der Waals surface area contributed by atoms with Crippen LogP contribution in [0.4, 0.5) is 4.39 Å². The monoisotopic (exact) mass is 264 g/mol. The SMILES string of the molecule is COc1cc(F)cc2c1C1(CCN(C)C1=O)NC2=O. The van der Waals surface area contributed by atoms with Crippen molar-refractivity contribution in [3.8, 4) is 5.75 Å². The third kappa shape index (κ3) is 1.39. The van der Waals surface area contributed by atoms with Gasteiger partial charge in [-0.3, -0.25) is 9.59 Å². The second-order valence-electron chi connectivity index (χ2n) is 4.87. The van der Waals surface area contributed by atoms with Crippen molar-refractivity contribution in [3.63, 3.8) is 0 Å². The van der Waals surface area contributed by atoms with Gasteiger partial charge in [0.1, 0.15) is 11.6 Å². The molecule has 100 valence electrons. The van der Waals surface area contributed by atoms with E-state index in [2.05, 4.69) is 5.32 Å². The van der Waals surface area contributed by atoms with E-state index in [1.807, 2.05) is 0 Å². The summed E-state index contributed by atoms with van der Waals surface area (Å²) in [5.74, 6) is -0.945. The van der Waals surface area contributed by atoms with Gasteiger partial charge in [-0.15, -0.1) is 0 Å². The Kier molecular flexibility index (Phi) is 2.32. The summed E-state index contributed by atoms with van der Waals surface area (Å²) in [5, 5.41) is 2.70. The Morgan fingerprint density at radius 3 is 2.74 bits per heavy atom. The number of hydrogen-bond donors (Lipinski definition) is 1. The molecular weight excluding hydrogens is 251 g/mol. The van der Waals surface area contributed by atoms with Gasteiger partial charge in [0.05, 0.1) is 12.7 Å². The number of likely N-dealkylation sites (N-methyl/N-ethyl adjacent to an activating group) is 1. The molecule has 3 rings (SSSR count). The van der Waals surface area contributed by atoms with Gasteiger partial charge in [0.2, 0.25) is 0 Å². The third-order valence-electron chi connectivity index (χ3n) is 3.82. The number of amides is 2. The maximum atomic E-state index is 13.5. The Morgan fingerprint density at radius 2 is 2.16 bits per heavy atom. The Bertz CT molecular complexity index is 602. The number of likely N-dealkylation sites (tertiary alicyclic amines) is 1. The molecule has 1 unspecified atom stereocenters. The van der Waals surface area contributed by atoms with E-state index in [0.29, 0.717) is 18.5 Å². The minimum Gasteiger partial charge on any atom is -0.496 e. The lowest BCUT2D eigenvalue weighted by atomic mass is 9.88. The van der Waals surface area contributed by atoms with Crippen LogP contribution in [0.2, 0.25) is 0 Å². The number of hydrogen-bond acceptors (Lipinski definition) is 3. The van der Waals surface area contributed by atoms with Crippen LogP contribution < -0.4 is 10.1 Å². The highest BCUT2D eigenvalue weighted by Crippen LogP contribution is 2.44. The summed E-state index contributed by atoms with van der Waals surface area (Å²) in [5.41, 5.74) is -0.462. The summed E-state index contributed by atoms with van der Waals surface area (Å²) >= 11 is 0. The number of halogens is 1. The minimum absolute atomic E-state index is 0.181. The molecule has 1 spiro atoms. The smallest absolute Gasteiger partial charge is 0.253 e. The van der Waals surface area contributed by atoms with E-state index in [1.165, 1.54) is 13.2 Å². The lowest BCUT2D eigenvalue weighted by molar-refractivity contribution is -0.132. The second kappa shape index (κ2) is 3.69. The van der Waals surface area contributed by atoms with Crippen molar-refractivity contribution in [1.82, 2.24) is 10.2 Å². The van der Waals surface area contributed by atoms with Crippen molar-refractivity contribution in [2.45, 2.75) is 12.0 Å². The fraction of sp³-hybridized carbons (Fsp3) is 0.385. The van der Waals surface area contributed by atoms with Crippen molar-refractivity contribution in [2.75, 3.05) is 20.7 Å². The molecule has 1 fully saturated rings. The molecule has 1 saturated heterocycles. The number of rotatable bonds is 1. The first-order valence-electron chi connectivity index (χ1n) is 5.95. The third-order valence-corrected chi connectivity index (χ3v) is 3.82. The van der Waals surface area contributed by atoms with Gasteiger partial charge >= 0.3 is 0 Å². The largest absolute Gasteiger partial charge is 0.496 e. The van der Waals surface area contributed by atoms with E-state index in [1.54, 1.807) is 11.9 Å². The molecule has 1 aromatic carbocycles. The summed E-state index contributed by atoms with van der Waals surface area (Å²) in [4.78, 5) is 25.9. The lowest BCUT2D eigenvalue weighted by Crippen LogP contribution is -2.46. The summed E-state index contributed by atoms with van der Waals surface area (Å²) in [7, 11) is 3.08. The van der Waals surface area contributed by atoms with Crippen molar-refractivity contribution in [3.05, 3.63) is 29.1 Å². The quantitative estimate of drug-likeness (QED) is 0.809. The van der Waals surface area contributed by atoms with Gasteiger partial charge < -0.3 is 15.0 Å². The Morgan fingerprint density at radius 1 is 1.42 bits per heavy atom. The highest BCUT2D eigenvalue weighted by atomic mass is 19.1. The van der Waals surface area contributed by atoms with Crippen LogP contribution in [0, 0.1) is 5.82 Å². The van der Waals surface area contributed by atoms with Crippen LogP contribution in [-0.2, 0) is 10.3 Å². The first-order chi connectivity index (χ1) is 8.99. The van der Waals surface area contributed by atoms with E-state index < -0.39 is 17.3 Å². The molecule has 2 amide bonds. The van der Waals surface area contributed by atoms with Gasteiger partial charge in [0, 0.05) is 31.6 Å². The minimum atomic E-state index is -1.10. The van der Waals surface area contributed by atoms with Crippen molar-refractivity contribution in [1.29, 1.82) is 0 Å². The number of ether oxygens (including phenoxy) is 1. The van der Waals surface area contributed by atoms with E-state index in [9.17, 15) is 14.0 Å². The van der Waals surface area contributed by atoms with Crippen LogP contribution in [0.5, 0.6) is 5.75 Å². The Hall–Kier alpha value is -2.11. The molecule has 0 aromatic heterocycles. The number of nitrogens with one attached hydrogen (secondary N) is 1. The van der Waals surface area contributed by atoms with Crippen LogP contribution in [0.3, 0.4) is 0 Å². The second-order valence-corrected chi connectivity index (χ2v) is 4.87. The summed E-state index contributed by atoms with van der Waals surface area (Å²) in [6, 6.07) is 2.35. The first kappa shape index (κ1) is 12.0. The van der Waals surface area contributed by atoms with E-state index in [4.69, 9.17) is 4.74 Å². The molecule has 6 heteroatoms. The van der Waals surface area contributed by atoms with E-state index in [0.717, 1.165) is 6.07 Å². The van der Waals surface area contributed by atoms with Crippen molar-refractivity contribution in [2.24, 2.45) is 0 Å². The van der Waals surface area contributed by atoms with Gasteiger partial charge in [0.25, 0.3) is 11.8 Å². The molecule has 1 atom stereocenters. The highest BCUT2D eigenvalue weighted by molar-refractivity contribution is 6.08. The number of benzene rings is 1. The van der Waals surface area contributed by atoms with Crippen molar-refractivity contribution < 1.29 is 18.7 Å². The molecule has 0 bridgehead atoms. The van der Waals surface area contributed by atoms with Gasteiger partial charge in [-0.05, 0) is 6.07 Å². The molecule has 2 aliphatic heterocycles. The zero-order chi connectivity index (χ0) is 13.8. The first-order valence-corrected chi connectivity index (χ1v) is 5.95. The maximum Gasteiger partial charge on any atom is 0.253 e. The fourth-order valence-corrected chi connectivity index (χ4v) is 2.90. The summed E-state index contributed by atoms with van der Waals surface area (Å²) in [6.45, 7) is 0.541. The average molecular weight is 264 g/mol. The normalized spacial score (nSPS) is 24.9. The average Bonchev–Trinajstić information content (AvgIpc) is 2.82. The zero-order valence-electron chi connectivity index (χ0n) is 10.6. The van der Waals surface area contributed by atoms with E-state index in [-0.39, 0.29) is 17.2 Å². The standard InChI is InChI=1S/C13H13FN2O3/c1-16-4-3-13(12(16)18)10-8(11(17)15-13)5-7(14)6-9(10)19-2/h5-6H,3-4H2,1-2H3,(H,15,17). The number of fused-ring (bicyclic) bond motifs is 2. The predicted molar refractivity (Wildman–Crippen MR) is 64.4 cm³/mol. The highest BCUT2D eigenvalue weighted by Gasteiger charge is 2.55. The molecule has 1 aromatic rings. The molecule has 5 nitrogen and oxygen atoms in total. The molecule has 2 aliphatic rings. The topological polar surface area (TPSA) is 58.6 Å². The lowest BCUT2D eigenvalue weighted by Gasteiger charge is -2.24. The summed E-state index contributed by atoms with van der Waals surface area (Å²) in [6.07, 6.45) is 0.461. The van der Waals surface area contributed by atoms with Crippen LogP contribution in [0.25, 0.3) is 0 Å². The summed E-state index contributed by atoms with van der Waals surface area (Å²) < 4.78 is 18.6. The molecule has 2 heterocycles. The van der Waals surface area contributed by atoms with Gasteiger partial charge in [0.15, 0.2) is 5.54 Å². The molecule has 1 N–H and O–H groups in total. The number of carbonyl (C=O) groups is 2. The molecule has 19 heavy (non-hydrogen) atoms. The predicted octanol–water partition coefficient (Wildman–Crippen LogP) is 0.635. The Balaban J connectivity index is 2.27. The number of nitrogens with zero attached hydrogens (tertiary/aromatic N) is 1. The molecule has 0 radical (unpaired) electrons. The van der Waals surface area contributed by atoms with Gasteiger partial charge in [-0.2, -0.15) is 0 Å². The Labute approximate surface area is 109 Å². The van der Waals surface area contributed by atoms with Gasteiger partial charge in [-0.1, -0.05) is 0 Å². The van der Waals surface area contributed by atoms with E-state index >= 15 is 0 Å². The maximum absolute atomic E-state index is 13.5. The van der Waals surface area contributed by atoms with Crippen LogP contribution in [-0.4, -0.2) is 37.4 Å². The van der Waals surface area contributed by atoms with Gasteiger partial charge in [-0.25, -0.2) is 4.39 Å². The number of carbonyl (C=O) groups excluding carboxylic acids is 2. The number of methoxy groups -OCH3 is 1. The molecule has 0 aliphatic carbocycles. The van der Waals surface area contributed by atoms with Crippen molar-refractivity contribution >= 4 is 11.8 Å². The molecule has 0 saturated carbocycles.